The Labute approximate surface area is 591 Å². The highest BCUT2D eigenvalue weighted by Gasteiger charge is 2.44. The lowest BCUT2D eigenvalue weighted by Crippen LogP contribution is -2.60. The highest BCUT2D eigenvalue weighted by molar-refractivity contribution is 5.76. The molecule has 1 aliphatic heterocycles. The van der Waals surface area contributed by atoms with Gasteiger partial charge in [0, 0.05) is 6.42 Å². The molecule has 9 nitrogen and oxygen atoms in total. The molecule has 0 radical (unpaired) electrons. The molecule has 9 heteroatoms. The zero-order valence-electron chi connectivity index (χ0n) is 63.5. The van der Waals surface area contributed by atoms with Crippen molar-refractivity contribution in [2.45, 2.75) is 493 Å². The van der Waals surface area contributed by atoms with Gasteiger partial charge in [0.1, 0.15) is 24.4 Å². The fraction of sp³-hybridized carbons (Fsp3) is 0.919. The molecule has 0 aromatic heterocycles. The first-order valence-electron chi connectivity index (χ1n) is 42.7. The quantitative estimate of drug-likeness (QED) is 0.0261. The van der Waals surface area contributed by atoms with Gasteiger partial charge >= 0.3 is 0 Å². The SMILES string of the molecule is CCCCCCC/C=C\C/C=C\CCCCCCCCCCCCCCCCCCCCCCCCCCCCCC(=O)NC(COC1OC(CO)C(O)C(O)C1O)C(O)/C=C/CCCCCCCCCCCCCCCCCCCCCCCCCCCCCCCCC. The van der Waals surface area contributed by atoms with Gasteiger partial charge in [0.2, 0.25) is 5.91 Å². The van der Waals surface area contributed by atoms with Crippen molar-refractivity contribution in [2.75, 3.05) is 13.2 Å². The molecule has 1 heterocycles. The minimum atomic E-state index is -1.57. The first kappa shape index (κ1) is 91.4. The molecule has 0 aromatic carbocycles. The summed E-state index contributed by atoms with van der Waals surface area (Å²) in [4.78, 5) is 13.2. The van der Waals surface area contributed by atoms with Crippen LogP contribution in [0.2, 0.25) is 0 Å². The molecule has 1 amide bonds. The molecule has 1 fully saturated rings. The number of hydrogen-bond acceptors (Lipinski definition) is 8. The second kappa shape index (κ2) is 75.1. The lowest BCUT2D eigenvalue weighted by Gasteiger charge is -2.40. The summed E-state index contributed by atoms with van der Waals surface area (Å²) in [5, 5.41) is 55.0. The predicted octanol–water partition coefficient (Wildman–Crippen LogP) is 24.9. The van der Waals surface area contributed by atoms with Crippen LogP contribution >= 0.6 is 0 Å². The molecule has 0 saturated carbocycles. The predicted molar refractivity (Wildman–Crippen MR) is 410 cm³/mol. The lowest BCUT2D eigenvalue weighted by atomic mass is 9.99. The molecule has 0 spiro atoms. The number of unbranched alkanes of at least 4 members (excludes halogenated alkanes) is 63. The van der Waals surface area contributed by atoms with E-state index in [1.807, 2.05) is 6.08 Å². The molecule has 0 aliphatic carbocycles. The highest BCUT2D eigenvalue weighted by atomic mass is 16.7. The van der Waals surface area contributed by atoms with E-state index in [2.05, 4.69) is 43.5 Å². The summed E-state index contributed by atoms with van der Waals surface area (Å²) in [6.45, 7) is 3.84. The Hall–Kier alpha value is -1.59. The first-order valence-corrected chi connectivity index (χ1v) is 42.7. The Bertz CT molecular complexity index is 1600. The van der Waals surface area contributed by atoms with Gasteiger partial charge in [-0.25, -0.2) is 0 Å². The number of nitrogens with one attached hydrogen (secondary N) is 1. The van der Waals surface area contributed by atoms with E-state index in [9.17, 15) is 30.3 Å². The van der Waals surface area contributed by atoms with Crippen molar-refractivity contribution in [1.82, 2.24) is 5.32 Å². The van der Waals surface area contributed by atoms with Crippen molar-refractivity contribution in [3.05, 3.63) is 36.5 Å². The van der Waals surface area contributed by atoms with Crippen LogP contribution in [0.15, 0.2) is 36.5 Å². The third-order valence-electron chi connectivity index (χ3n) is 20.7. The van der Waals surface area contributed by atoms with Crippen molar-refractivity contribution >= 4 is 5.91 Å². The highest BCUT2D eigenvalue weighted by Crippen LogP contribution is 2.24. The number of amides is 1. The number of carbonyl (C=O) groups is 1. The van der Waals surface area contributed by atoms with Gasteiger partial charge < -0.3 is 40.3 Å². The standard InChI is InChI=1S/C86H165NO8/c1-3-5-7-9-11-13-15-17-19-21-23-25-27-29-31-33-35-37-38-39-40-41-42-44-46-48-50-52-54-56-58-60-62-64-66-68-70-72-74-76-82(90)87-79(78-94-86-85(93)84(92)83(91)81(77-88)95-86)80(89)75-73-71-69-67-65-63-61-59-57-55-53-51-49-47-45-43-36-34-32-30-28-26-24-22-20-18-16-14-12-10-8-6-4-2/h15,17,21,23,73,75,79-81,83-86,88-89,91-93H,3-14,16,18-20,22,24-72,74,76-78H2,1-2H3,(H,87,90)/b17-15-,23-21-,75-73+. The molecule has 7 atom stereocenters. The minimum absolute atomic E-state index is 0.166. The zero-order valence-corrected chi connectivity index (χ0v) is 63.5. The second-order valence-corrected chi connectivity index (χ2v) is 30.0. The molecule has 1 aliphatic rings. The van der Waals surface area contributed by atoms with Gasteiger partial charge in [-0.1, -0.05) is 429 Å². The van der Waals surface area contributed by atoms with Crippen molar-refractivity contribution in [1.29, 1.82) is 0 Å². The van der Waals surface area contributed by atoms with Crippen LogP contribution in [0, 0.1) is 0 Å². The summed E-state index contributed by atoms with van der Waals surface area (Å²) in [6, 6.07) is -0.805. The maximum absolute atomic E-state index is 13.2. The van der Waals surface area contributed by atoms with Gasteiger partial charge in [-0.3, -0.25) is 4.79 Å². The van der Waals surface area contributed by atoms with Gasteiger partial charge in [-0.05, 0) is 51.4 Å². The Morgan fingerprint density at radius 1 is 0.358 bits per heavy atom. The molecule has 7 unspecified atom stereocenters. The number of ether oxygens (including phenoxy) is 2. The smallest absolute Gasteiger partial charge is 0.220 e. The maximum atomic E-state index is 13.2. The molecular weight excluding hydrogens is 1170 g/mol. The number of hydrogen-bond donors (Lipinski definition) is 6. The summed E-state index contributed by atoms with van der Waals surface area (Å²) in [5.74, 6) is -0.166. The average Bonchev–Trinajstić information content (AvgIpc) is 0.836. The van der Waals surface area contributed by atoms with Gasteiger partial charge in [-0.15, -0.1) is 0 Å². The largest absolute Gasteiger partial charge is 0.394 e. The molecule has 0 bridgehead atoms. The summed E-state index contributed by atoms with van der Waals surface area (Å²) in [5.41, 5.74) is 0. The Morgan fingerprint density at radius 2 is 0.621 bits per heavy atom. The van der Waals surface area contributed by atoms with E-state index in [1.54, 1.807) is 6.08 Å². The van der Waals surface area contributed by atoms with E-state index in [0.717, 1.165) is 44.9 Å². The van der Waals surface area contributed by atoms with E-state index >= 15 is 0 Å². The van der Waals surface area contributed by atoms with Crippen LogP contribution in [0.1, 0.15) is 450 Å². The van der Waals surface area contributed by atoms with Crippen molar-refractivity contribution in [2.24, 2.45) is 0 Å². The first-order chi connectivity index (χ1) is 46.8. The van der Waals surface area contributed by atoms with Crippen LogP contribution in [-0.2, 0) is 14.3 Å². The van der Waals surface area contributed by atoms with Crippen LogP contribution in [0.4, 0.5) is 0 Å². The van der Waals surface area contributed by atoms with Crippen LogP contribution in [0.3, 0.4) is 0 Å². The number of aliphatic hydroxyl groups is 5. The molecule has 95 heavy (non-hydrogen) atoms. The Morgan fingerprint density at radius 3 is 0.905 bits per heavy atom. The van der Waals surface area contributed by atoms with Crippen molar-refractivity contribution in [3.63, 3.8) is 0 Å². The summed E-state index contributed by atoms with van der Waals surface area (Å²) < 4.78 is 11.4. The van der Waals surface area contributed by atoms with E-state index in [1.165, 1.54) is 385 Å². The van der Waals surface area contributed by atoms with E-state index < -0.39 is 49.5 Å². The summed E-state index contributed by atoms with van der Waals surface area (Å²) in [7, 11) is 0. The second-order valence-electron chi connectivity index (χ2n) is 30.0. The van der Waals surface area contributed by atoms with Gasteiger partial charge in [0.25, 0.3) is 0 Å². The minimum Gasteiger partial charge on any atom is -0.394 e. The normalized spacial score (nSPS) is 17.6. The molecule has 0 aromatic rings. The topological polar surface area (TPSA) is 149 Å². The summed E-state index contributed by atoms with van der Waals surface area (Å²) in [6.07, 6.45) is 96.1. The van der Waals surface area contributed by atoms with E-state index in [-0.39, 0.29) is 12.5 Å². The van der Waals surface area contributed by atoms with Crippen molar-refractivity contribution in [3.8, 4) is 0 Å². The van der Waals surface area contributed by atoms with E-state index in [0.29, 0.717) is 6.42 Å². The van der Waals surface area contributed by atoms with Crippen LogP contribution < -0.4 is 5.32 Å². The van der Waals surface area contributed by atoms with Crippen LogP contribution in [0.5, 0.6) is 0 Å². The fourth-order valence-corrected chi connectivity index (χ4v) is 14.1. The molecular formula is C86H165NO8. The monoisotopic (exact) mass is 1340 g/mol. The third kappa shape index (κ3) is 63.1. The fourth-order valence-electron chi connectivity index (χ4n) is 14.1. The number of rotatable bonds is 77. The molecule has 1 saturated heterocycles. The number of aliphatic hydroxyl groups excluding tert-OH is 5. The molecule has 562 valence electrons. The van der Waals surface area contributed by atoms with Crippen LogP contribution in [-0.4, -0.2) is 87.5 Å². The van der Waals surface area contributed by atoms with Gasteiger partial charge in [-0.2, -0.15) is 0 Å². The van der Waals surface area contributed by atoms with Crippen molar-refractivity contribution < 1.29 is 39.8 Å². The summed E-state index contributed by atoms with van der Waals surface area (Å²) >= 11 is 0. The molecule has 1 rings (SSSR count). The third-order valence-corrected chi connectivity index (χ3v) is 20.7. The van der Waals surface area contributed by atoms with Crippen LogP contribution in [0.25, 0.3) is 0 Å². The Kier molecular flexibility index (Phi) is 72.3. The number of allylic oxidation sites excluding steroid dienone is 5. The Balaban J connectivity index is 2.03. The molecule has 6 N–H and O–H groups in total. The zero-order chi connectivity index (χ0) is 68.5. The lowest BCUT2D eigenvalue weighted by molar-refractivity contribution is -0.302. The number of carbonyl (C=O) groups excluding carboxylic acids is 1. The average molecular weight is 1340 g/mol. The van der Waals surface area contributed by atoms with E-state index in [4.69, 9.17) is 9.47 Å². The van der Waals surface area contributed by atoms with Gasteiger partial charge in [0.05, 0.1) is 25.4 Å². The maximum Gasteiger partial charge on any atom is 0.220 e. The van der Waals surface area contributed by atoms with Gasteiger partial charge in [0.15, 0.2) is 6.29 Å².